The van der Waals surface area contributed by atoms with Gasteiger partial charge in [-0.1, -0.05) is 44.2 Å². The summed E-state index contributed by atoms with van der Waals surface area (Å²) in [7, 11) is 1.57. The SMILES string of the molecule is COCCCN(C(=O)CSC(C)C)c1c(N)n(Cc2ccccc2)c(=O)[nH]c1=O. The largest absolute Gasteiger partial charge is 0.385 e. The number of nitrogen functional groups attached to an aromatic ring is 1. The van der Waals surface area contributed by atoms with Gasteiger partial charge in [0.15, 0.2) is 5.69 Å². The predicted octanol–water partition coefficient (Wildman–Crippen LogP) is 1.68. The molecule has 0 radical (unpaired) electrons. The molecule has 2 rings (SSSR count). The Morgan fingerprint density at radius 3 is 2.59 bits per heavy atom. The first-order valence-corrected chi connectivity index (χ1v) is 10.5. The molecule has 0 aliphatic carbocycles. The average molecular weight is 421 g/mol. The molecule has 0 aliphatic rings. The molecule has 0 fully saturated rings. The minimum Gasteiger partial charge on any atom is -0.385 e. The minimum atomic E-state index is -0.669. The van der Waals surface area contributed by atoms with Gasteiger partial charge in [0.25, 0.3) is 5.56 Å². The number of hydrogen-bond acceptors (Lipinski definition) is 6. The number of thioether (sulfide) groups is 1. The van der Waals surface area contributed by atoms with Gasteiger partial charge in [-0.15, -0.1) is 11.8 Å². The molecule has 0 unspecified atom stereocenters. The fraction of sp³-hybridized carbons (Fsp3) is 0.450. The van der Waals surface area contributed by atoms with Crippen LogP contribution in [-0.4, -0.2) is 46.7 Å². The standard InChI is InChI=1S/C20H28N4O4S/c1-14(2)29-13-16(25)23(10-7-11-28-3)17-18(21)24(20(27)22-19(17)26)12-15-8-5-4-6-9-15/h4-6,8-9,14H,7,10-13,21H2,1-3H3,(H,22,26,27). The molecule has 3 N–H and O–H groups in total. The Balaban J connectivity index is 2.45. The Morgan fingerprint density at radius 1 is 1.28 bits per heavy atom. The lowest BCUT2D eigenvalue weighted by Crippen LogP contribution is -2.42. The average Bonchev–Trinajstić information content (AvgIpc) is 2.69. The second-order valence-corrected chi connectivity index (χ2v) is 8.38. The molecule has 1 amide bonds. The van der Waals surface area contributed by atoms with E-state index in [0.29, 0.717) is 13.0 Å². The van der Waals surface area contributed by atoms with E-state index in [1.807, 2.05) is 44.2 Å². The van der Waals surface area contributed by atoms with Crippen LogP contribution in [0.5, 0.6) is 0 Å². The van der Waals surface area contributed by atoms with Crippen LogP contribution in [0.4, 0.5) is 11.5 Å². The molecule has 158 valence electrons. The van der Waals surface area contributed by atoms with Crippen molar-refractivity contribution in [3.05, 3.63) is 56.7 Å². The van der Waals surface area contributed by atoms with Crippen LogP contribution in [0.2, 0.25) is 0 Å². The molecule has 1 aromatic carbocycles. The first-order chi connectivity index (χ1) is 13.8. The van der Waals surface area contributed by atoms with Crippen molar-refractivity contribution >= 4 is 29.2 Å². The summed E-state index contributed by atoms with van der Waals surface area (Å²) in [5.41, 5.74) is 5.82. The van der Waals surface area contributed by atoms with Gasteiger partial charge in [-0.05, 0) is 17.2 Å². The zero-order valence-electron chi connectivity index (χ0n) is 17.0. The van der Waals surface area contributed by atoms with Crippen LogP contribution in [0.3, 0.4) is 0 Å². The zero-order chi connectivity index (χ0) is 21.4. The monoisotopic (exact) mass is 420 g/mol. The van der Waals surface area contributed by atoms with Gasteiger partial charge in [-0.25, -0.2) is 4.79 Å². The molecular formula is C20H28N4O4S. The van der Waals surface area contributed by atoms with Gasteiger partial charge < -0.3 is 15.4 Å². The summed E-state index contributed by atoms with van der Waals surface area (Å²) in [4.78, 5) is 41.5. The van der Waals surface area contributed by atoms with Crippen molar-refractivity contribution in [3.8, 4) is 0 Å². The highest BCUT2D eigenvalue weighted by atomic mass is 32.2. The molecule has 9 heteroatoms. The first-order valence-electron chi connectivity index (χ1n) is 9.42. The number of aromatic amines is 1. The molecule has 29 heavy (non-hydrogen) atoms. The number of H-pyrrole nitrogens is 1. The third kappa shape index (κ3) is 6.23. The maximum Gasteiger partial charge on any atom is 0.330 e. The lowest BCUT2D eigenvalue weighted by Gasteiger charge is -2.24. The Kier molecular flexibility index (Phi) is 8.53. The maximum atomic E-state index is 12.9. The number of nitrogens with one attached hydrogen (secondary N) is 1. The molecule has 0 saturated heterocycles. The number of carbonyl (C=O) groups is 1. The van der Waals surface area contributed by atoms with Crippen LogP contribution in [-0.2, 0) is 16.1 Å². The number of carbonyl (C=O) groups excluding carboxylic acids is 1. The number of amides is 1. The van der Waals surface area contributed by atoms with E-state index in [1.165, 1.54) is 21.2 Å². The van der Waals surface area contributed by atoms with Crippen molar-refractivity contribution in [3.63, 3.8) is 0 Å². The highest BCUT2D eigenvalue weighted by Crippen LogP contribution is 2.20. The smallest absolute Gasteiger partial charge is 0.330 e. The van der Waals surface area contributed by atoms with Crippen LogP contribution in [0.1, 0.15) is 25.8 Å². The number of rotatable bonds is 10. The van der Waals surface area contributed by atoms with E-state index in [1.54, 1.807) is 7.11 Å². The number of hydrogen-bond donors (Lipinski definition) is 2. The summed E-state index contributed by atoms with van der Waals surface area (Å²) in [6.45, 7) is 4.88. The van der Waals surface area contributed by atoms with E-state index >= 15 is 0 Å². The van der Waals surface area contributed by atoms with Crippen molar-refractivity contribution in [2.45, 2.75) is 32.1 Å². The second kappa shape index (κ2) is 10.9. The van der Waals surface area contributed by atoms with E-state index in [0.717, 1.165) is 5.56 Å². The van der Waals surface area contributed by atoms with E-state index in [2.05, 4.69) is 4.98 Å². The van der Waals surface area contributed by atoms with Gasteiger partial charge in [-0.3, -0.25) is 19.1 Å². The summed E-state index contributed by atoms with van der Waals surface area (Å²) in [5.74, 6) is -0.0498. The summed E-state index contributed by atoms with van der Waals surface area (Å²) < 4.78 is 6.35. The molecule has 8 nitrogen and oxygen atoms in total. The van der Waals surface area contributed by atoms with Gasteiger partial charge in [0.1, 0.15) is 5.82 Å². The maximum absolute atomic E-state index is 12.9. The van der Waals surface area contributed by atoms with Crippen molar-refractivity contribution in [1.29, 1.82) is 0 Å². The van der Waals surface area contributed by atoms with Crippen LogP contribution in [0, 0.1) is 0 Å². The van der Waals surface area contributed by atoms with E-state index in [-0.39, 0.29) is 41.5 Å². The van der Waals surface area contributed by atoms with E-state index < -0.39 is 11.2 Å². The summed E-state index contributed by atoms with van der Waals surface area (Å²) in [5, 5.41) is 0.266. The molecular weight excluding hydrogens is 392 g/mol. The fourth-order valence-electron chi connectivity index (χ4n) is 2.81. The Bertz CT molecular complexity index is 924. The normalized spacial score (nSPS) is 11.0. The quantitative estimate of drug-likeness (QED) is 0.566. The lowest BCUT2D eigenvalue weighted by molar-refractivity contribution is -0.116. The molecule has 0 atom stereocenters. The molecule has 2 aromatic rings. The van der Waals surface area contributed by atoms with Crippen LogP contribution >= 0.6 is 11.8 Å². The highest BCUT2D eigenvalue weighted by Gasteiger charge is 2.24. The van der Waals surface area contributed by atoms with Gasteiger partial charge in [0.2, 0.25) is 5.91 Å². The van der Waals surface area contributed by atoms with Crippen LogP contribution < -0.4 is 21.9 Å². The predicted molar refractivity (Wildman–Crippen MR) is 118 cm³/mol. The molecule has 0 saturated carbocycles. The molecule has 1 heterocycles. The molecule has 0 bridgehead atoms. The summed E-state index contributed by atoms with van der Waals surface area (Å²) in [6, 6.07) is 9.30. The number of benzene rings is 1. The zero-order valence-corrected chi connectivity index (χ0v) is 17.8. The Morgan fingerprint density at radius 2 is 1.97 bits per heavy atom. The molecule has 0 spiro atoms. The van der Waals surface area contributed by atoms with Gasteiger partial charge in [-0.2, -0.15) is 0 Å². The number of anilines is 2. The van der Waals surface area contributed by atoms with Crippen molar-refractivity contribution in [2.75, 3.05) is 36.6 Å². The van der Waals surface area contributed by atoms with E-state index in [4.69, 9.17) is 10.5 Å². The third-order valence-corrected chi connectivity index (χ3v) is 5.32. The molecule has 0 aliphatic heterocycles. The topological polar surface area (TPSA) is 110 Å². The van der Waals surface area contributed by atoms with Crippen molar-refractivity contribution in [2.24, 2.45) is 0 Å². The summed E-state index contributed by atoms with van der Waals surface area (Å²) in [6.07, 6.45) is 0.533. The Hall–Kier alpha value is -2.52. The first kappa shape index (κ1) is 22.8. The lowest BCUT2D eigenvalue weighted by atomic mass is 10.2. The third-order valence-electron chi connectivity index (χ3n) is 4.24. The molecule has 1 aromatic heterocycles. The fourth-order valence-corrected chi connectivity index (χ4v) is 3.44. The summed E-state index contributed by atoms with van der Waals surface area (Å²) >= 11 is 1.48. The van der Waals surface area contributed by atoms with Crippen molar-refractivity contribution < 1.29 is 9.53 Å². The second-order valence-electron chi connectivity index (χ2n) is 6.82. The minimum absolute atomic E-state index is 0.00555. The van der Waals surface area contributed by atoms with E-state index in [9.17, 15) is 14.4 Å². The van der Waals surface area contributed by atoms with Crippen LogP contribution in [0.25, 0.3) is 0 Å². The highest BCUT2D eigenvalue weighted by molar-refractivity contribution is 8.00. The van der Waals surface area contributed by atoms with Gasteiger partial charge in [0.05, 0.1) is 12.3 Å². The number of aromatic nitrogens is 2. The Labute approximate surface area is 174 Å². The van der Waals surface area contributed by atoms with Gasteiger partial charge in [0, 0.05) is 20.3 Å². The number of ether oxygens (including phenoxy) is 1. The van der Waals surface area contributed by atoms with Crippen molar-refractivity contribution in [1.82, 2.24) is 9.55 Å². The number of nitrogens with zero attached hydrogens (tertiary/aromatic N) is 2. The van der Waals surface area contributed by atoms with Gasteiger partial charge >= 0.3 is 5.69 Å². The number of nitrogens with two attached hydrogens (primary N) is 1. The number of methoxy groups -OCH3 is 1. The van der Waals surface area contributed by atoms with Crippen LogP contribution in [0.15, 0.2) is 39.9 Å².